The molecule has 82 valence electrons. The van der Waals surface area contributed by atoms with Crippen LogP contribution in [0.25, 0.3) is 0 Å². The molecule has 1 aromatic carbocycles. The molecule has 0 amide bonds. The van der Waals surface area contributed by atoms with Crippen LogP contribution in [0.5, 0.6) is 0 Å². The monoisotopic (exact) mass is 280 g/mol. The van der Waals surface area contributed by atoms with Gasteiger partial charge in [-0.2, -0.15) is 4.39 Å². The molecule has 16 heavy (non-hydrogen) atoms. The molecule has 0 aliphatic carbocycles. The van der Waals surface area contributed by atoms with Crippen molar-refractivity contribution < 1.29 is 4.39 Å². The Kier molecular flexibility index (Phi) is 3.19. The van der Waals surface area contributed by atoms with Gasteiger partial charge < -0.3 is 5.32 Å². The molecule has 4 heteroatoms. The Morgan fingerprint density at radius 3 is 2.81 bits per heavy atom. The molecule has 0 atom stereocenters. The summed E-state index contributed by atoms with van der Waals surface area (Å²) in [5.41, 5.74) is 1.99. The fourth-order valence-corrected chi connectivity index (χ4v) is 1.71. The van der Waals surface area contributed by atoms with Gasteiger partial charge in [0.05, 0.1) is 0 Å². The lowest BCUT2D eigenvalue weighted by Gasteiger charge is -2.09. The maximum absolute atomic E-state index is 12.9. The number of aromatic nitrogens is 1. The summed E-state index contributed by atoms with van der Waals surface area (Å²) >= 11 is 3.39. The van der Waals surface area contributed by atoms with E-state index in [1.807, 2.05) is 25.1 Å². The largest absolute Gasteiger partial charge is 0.340 e. The van der Waals surface area contributed by atoms with Crippen LogP contribution in [-0.2, 0) is 0 Å². The van der Waals surface area contributed by atoms with Crippen LogP contribution in [0.4, 0.5) is 15.9 Å². The number of pyridine rings is 1. The van der Waals surface area contributed by atoms with Crippen LogP contribution in [0.3, 0.4) is 0 Å². The topological polar surface area (TPSA) is 24.9 Å². The van der Waals surface area contributed by atoms with Gasteiger partial charge in [-0.25, -0.2) is 4.98 Å². The normalized spacial score (nSPS) is 10.2. The van der Waals surface area contributed by atoms with E-state index >= 15 is 0 Å². The Hall–Kier alpha value is -1.42. The number of nitrogens with zero attached hydrogens (tertiary/aromatic N) is 1. The zero-order chi connectivity index (χ0) is 11.5. The first kappa shape index (κ1) is 11.1. The van der Waals surface area contributed by atoms with Gasteiger partial charge in [-0.15, -0.1) is 0 Å². The van der Waals surface area contributed by atoms with Gasteiger partial charge in [0.15, 0.2) is 0 Å². The summed E-state index contributed by atoms with van der Waals surface area (Å²) in [5.74, 6) is 0.0128. The van der Waals surface area contributed by atoms with Gasteiger partial charge in [-0.05, 0) is 36.8 Å². The van der Waals surface area contributed by atoms with Gasteiger partial charge in [0.1, 0.15) is 5.82 Å². The summed E-state index contributed by atoms with van der Waals surface area (Å²) < 4.78 is 13.9. The SMILES string of the molecule is Cc1ccc(Br)cc1Nc1cccc(F)n1. The van der Waals surface area contributed by atoms with E-state index in [-0.39, 0.29) is 0 Å². The van der Waals surface area contributed by atoms with Gasteiger partial charge in [0.2, 0.25) is 5.95 Å². The van der Waals surface area contributed by atoms with Crippen molar-refractivity contribution in [2.45, 2.75) is 6.92 Å². The zero-order valence-electron chi connectivity index (χ0n) is 8.67. The first-order valence-electron chi connectivity index (χ1n) is 4.81. The van der Waals surface area contributed by atoms with E-state index < -0.39 is 5.95 Å². The minimum atomic E-state index is -0.488. The molecule has 0 radical (unpaired) electrons. The van der Waals surface area contributed by atoms with Crippen LogP contribution < -0.4 is 5.32 Å². The van der Waals surface area contributed by atoms with E-state index in [1.54, 1.807) is 12.1 Å². The highest BCUT2D eigenvalue weighted by molar-refractivity contribution is 9.10. The molecule has 1 heterocycles. The molecule has 1 aromatic heterocycles. The van der Waals surface area contributed by atoms with Gasteiger partial charge >= 0.3 is 0 Å². The fraction of sp³-hybridized carbons (Fsp3) is 0.0833. The van der Waals surface area contributed by atoms with Crippen molar-refractivity contribution in [2.75, 3.05) is 5.32 Å². The third-order valence-electron chi connectivity index (χ3n) is 2.18. The standard InChI is InChI=1S/C12H10BrFN2/c1-8-5-6-9(13)7-10(8)15-12-4-2-3-11(14)16-12/h2-7H,1H3,(H,15,16). The molecule has 2 rings (SSSR count). The second-order valence-electron chi connectivity index (χ2n) is 3.43. The van der Waals surface area contributed by atoms with Crippen LogP contribution in [0.1, 0.15) is 5.56 Å². The molecular weight excluding hydrogens is 271 g/mol. The summed E-state index contributed by atoms with van der Waals surface area (Å²) in [7, 11) is 0. The number of hydrogen-bond donors (Lipinski definition) is 1. The number of hydrogen-bond acceptors (Lipinski definition) is 2. The van der Waals surface area contributed by atoms with Gasteiger partial charge in [0.25, 0.3) is 0 Å². The van der Waals surface area contributed by atoms with Crippen molar-refractivity contribution in [3.63, 3.8) is 0 Å². The molecule has 0 aliphatic heterocycles. The van der Waals surface area contributed by atoms with Crippen molar-refractivity contribution in [2.24, 2.45) is 0 Å². The van der Waals surface area contributed by atoms with Gasteiger partial charge in [-0.1, -0.05) is 28.1 Å². The lowest BCUT2D eigenvalue weighted by molar-refractivity contribution is 0.585. The minimum Gasteiger partial charge on any atom is -0.340 e. The number of halogens is 2. The molecule has 0 aliphatic rings. The summed E-state index contributed by atoms with van der Waals surface area (Å²) in [5, 5.41) is 3.07. The van der Waals surface area contributed by atoms with Crippen molar-refractivity contribution in [1.82, 2.24) is 4.98 Å². The zero-order valence-corrected chi connectivity index (χ0v) is 10.3. The highest BCUT2D eigenvalue weighted by Gasteiger charge is 2.01. The minimum absolute atomic E-state index is 0.488. The number of benzene rings is 1. The lowest BCUT2D eigenvalue weighted by atomic mass is 10.2. The van der Waals surface area contributed by atoms with E-state index in [0.29, 0.717) is 5.82 Å². The fourth-order valence-electron chi connectivity index (χ4n) is 1.34. The van der Waals surface area contributed by atoms with Crippen LogP contribution in [0.2, 0.25) is 0 Å². The number of rotatable bonds is 2. The summed E-state index contributed by atoms with van der Waals surface area (Å²) in [4.78, 5) is 3.75. The molecule has 0 bridgehead atoms. The van der Waals surface area contributed by atoms with E-state index in [0.717, 1.165) is 15.7 Å². The van der Waals surface area contributed by atoms with Crippen LogP contribution in [-0.4, -0.2) is 4.98 Å². The smallest absolute Gasteiger partial charge is 0.214 e. The average Bonchev–Trinajstić information content (AvgIpc) is 2.24. The molecule has 0 fully saturated rings. The first-order valence-corrected chi connectivity index (χ1v) is 5.60. The molecule has 0 saturated carbocycles. The van der Waals surface area contributed by atoms with Crippen LogP contribution >= 0.6 is 15.9 Å². The Labute approximate surface area is 102 Å². The van der Waals surface area contributed by atoms with Gasteiger partial charge in [-0.3, -0.25) is 0 Å². The quantitative estimate of drug-likeness (QED) is 0.840. The van der Waals surface area contributed by atoms with E-state index in [9.17, 15) is 4.39 Å². The predicted molar refractivity (Wildman–Crippen MR) is 66.4 cm³/mol. The maximum Gasteiger partial charge on any atom is 0.214 e. The molecular formula is C12H10BrFN2. The summed E-state index contributed by atoms with van der Waals surface area (Å²) in [6.07, 6.45) is 0. The number of aryl methyl sites for hydroxylation is 1. The highest BCUT2D eigenvalue weighted by Crippen LogP contribution is 2.23. The number of nitrogens with one attached hydrogen (secondary N) is 1. The third-order valence-corrected chi connectivity index (χ3v) is 2.67. The van der Waals surface area contributed by atoms with Gasteiger partial charge in [0, 0.05) is 10.2 Å². The molecule has 2 nitrogen and oxygen atoms in total. The first-order chi connectivity index (χ1) is 7.65. The van der Waals surface area contributed by atoms with Crippen LogP contribution in [0.15, 0.2) is 40.9 Å². The molecule has 0 saturated heterocycles. The molecule has 1 N–H and O–H groups in total. The second kappa shape index (κ2) is 4.61. The van der Waals surface area contributed by atoms with Crippen molar-refractivity contribution in [1.29, 1.82) is 0 Å². The van der Waals surface area contributed by atoms with Crippen molar-refractivity contribution >= 4 is 27.4 Å². The molecule has 0 unspecified atom stereocenters. The average molecular weight is 281 g/mol. The van der Waals surface area contributed by atoms with E-state index in [4.69, 9.17) is 0 Å². The third kappa shape index (κ3) is 2.58. The number of anilines is 2. The molecule has 0 spiro atoms. The van der Waals surface area contributed by atoms with E-state index in [1.165, 1.54) is 6.07 Å². The highest BCUT2D eigenvalue weighted by atomic mass is 79.9. The molecule has 2 aromatic rings. The Morgan fingerprint density at radius 2 is 2.06 bits per heavy atom. The van der Waals surface area contributed by atoms with Crippen molar-refractivity contribution in [3.05, 3.63) is 52.4 Å². The predicted octanol–water partition coefficient (Wildman–Crippen LogP) is 4.04. The summed E-state index contributed by atoms with van der Waals surface area (Å²) in [6.45, 7) is 1.98. The maximum atomic E-state index is 12.9. The lowest BCUT2D eigenvalue weighted by Crippen LogP contribution is -1.96. The Bertz CT molecular complexity index is 514. The Morgan fingerprint density at radius 1 is 1.25 bits per heavy atom. The van der Waals surface area contributed by atoms with E-state index in [2.05, 4.69) is 26.2 Å². The summed E-state index contributed by atoms with van der Waals surface area (Å²) in [6, 6.07) is 10.5. The Balaban J connectivity index is 2.30. The van der Waals surface area contributed by atoms with Crippen LogP contribution in [0, 0.1) is 12.9 Å². The second-order valence-corrected chi connectivity index (χ2v) is 4.35. The van der Waals surface area contributed by atoms with Crippen molar-refractivity contribution in [3.8, 4) is 0 Å².